The van der Waals surface area contributed by atoms with Crippen LogP contribution in [0.3, 0.4) is 0 Å². The highest BCUT2D eigenvalue weighted by Crippen LogP contribution is 2.29. The molecule has 1 saturated heterocycles. The summed E-state index contributed by atoms with van der Waals surface area (Å²) in [6.07, 6.45) is 0.586. The van der Waals surface area contributed by atoms with Crippen LogP contribution < -0.4 is 4.74 Å². The van der Waals surface area contributed by atoms with Crippen molar-refractivity contribution in [3.05, 3.63) is 65.2 Å². The standard InChI is InChI=1S/C20H20N2O3/c1-25-18-9-5-4-8-16(18)11-21-13-19(23)22-12-15-7-3-2-6-14(15)10-17(22)20(21)24/h2-9,17H,10-13H2,1H3/t17-/m1/s1. The van der Waals surface area contributed by atoms with Crippen molar-refractivity contribution in [3.63, 3.8) is 0 Å². The van der Waals surface area contributed by atoms with E-state index in [0.717, 1.165) is 22.4 Å². The first-order chi connectivity index (χ1) is 12.2. The fourth-order valence-electron chi connectivity index (χ4n) is 3.72. The highest BCUT2D eigenvalue weighted by Gasteiger charge is 2.41. The molecule has 5 heteroatoms. The van der Waals surface area contributed by atoms with Crippen LogP contribution in [0.5, 0.6) is 5.75 Å². The van der Waals surface area contributed by atoms with Crippen LogP contribution in [-0.4, -0.2) is 41.3 Å². The van der Waals surface area contributed by atoms with Gasteiger partial charge < -0.3 is 14.5 Å². The summed E-state index contributed by atoms with van der Waals surface area (Å²) in [6, 6.07) is 15.2. The lowest BCUT2D eigenvalue weighted by Gasteiger charge is -2.43. The number of piperazine rings is 1. The Hall–Kier alpha value is -2.82. The number of ether oxygens (including phenoxy) is 1. The zero-order chi connectivity index (χ0) is 17.4. The van der Waals surface area contributed by atoms with E-state index >= 15 is 0 Å². The molecule has 0 N–H and O–H groups in total. The molecule has 0 spiro atoms. The number of amides is 2. The Balaban J connectivity index is 1.60. The van der Waals surface area contributed by atoms with Gasteiger partial charge in [0.15, 0.2) is 0 Å². The molecular weight excluding hydrogens is 316 g/mol. The van der Waals surface area contributed by atoms with E-state index in [0.29, 0.717) is 19.5 Å². The van der Waals surface area contributed by atoms with Gasteiger partial charge in [0, 0.05) is 25.1 Å². The first-order valence-electron chi connectivity index (χ1n) is 8.44. The Labute approximate surface area is 146 Å². The van der Waals surface area contributed by atoms with Gasteiger partial charge in [0.05, 0.1) is 7.11 Å². The molecule has 0 aromatic heterocycles. The number of carbonyl (C=O) groups excluding carboxylic acids is 2. The van der Waals surface area contributed by atoms with Crippen LogP contribution >= 0.6 is 0 Å². The number of hydrogen-bond acceptors (Lipinski definition) is 3. The fourth-order valence-corrected chi connectivity index (χ4v) is 3.72. The number of benzene rings is 2. The van der Waals surface area contributed by atoms with Crippen molar-refractivity contribution in [2.24, 2.45) is 0 Å². The van der Waals surface area contributed by atoms with E-state index in [-0.39, 0.29) is 18.4 Å². The first-order valence-corrected chi connectivity index (χ1v) is 8.44. The molecule has 25 heavy (non-hydrogen) atoms. The Morgan fingerprint density at radius 3 is 2.52 bits per heavy atom. The molecule has 2 aromatic rings. The fraction of sp³-hybridized carbons (Fsp3) is 0.300. The predicted molar refractivity (Wildman–Crippen MR) is 92.9 cm³/mol. The molecule has 1 fully saturated rings. The Morgan fingerprint density at radius 1 is 1.00 bits per heavy atom. The topological polar surface area (TPSA) is 49.9 Å². The van der Waals surface area contributed by atoms with Crippen molar-refractivity contribution in [1.82, 2.24) is 9.80 Å². The molecule has 2 aliphatic rings. The lowest BCUT2D eigenvalue weighted by molar-refractivity contribution is -0.157. The SMILES string of the molecule is COc1ccccc1CN1CC(=O)N2Cc3ccccc3C[C@@H]2C1=O. The van der Waals surface area contributed by atoms with Crippen molar-refractivity contribution in [2.75, 3.05) is 13.7 Å². The number of rotatable bonds is 3. The third-order valence-electron chi connectivity index (χ3n) is 5.05. The summed E-state index contributed by atoms with van der Waals surface area (Å²) in [5.74, 6) is 0.758. The minimum atomic E-state index is -0.397. The summed E-state index contributed by atoms with van der Waals surface area (Å²) in [5.41, 5.74) is 3.21. The smallest absolute Gasteiger partial charge is 0.246 e. The zero-order valence-electron chi connectivity index (χ0n) is 14.1. The van der Waals surface area contributed by atoms with Crippen LogP contribution in [0.4, 0.5) is 0 Å². The quantitative estimate of drug-likeness (QED) is 0.861. The van der Waals surface area contributed by atoms with Crippen molar-refractivity contribution in [1.29, 1.82) is 0 Å². The van der Waals surface area contributed by atoms with E-state index in [1.54, 1.807) is 16.9 Å². The molecule has 0 bridgehead atoms. The molecule has 1 atom stereocenters. The molecular formula is C20H20N2O3. The molecule has 128 valence electrons. The molecule has 0 aliphatic carbocycles. The number of nitrogens with zero attached hydrogens (tertiary/aromatic N) is 2. The monoisotopic (exact) mass is 336 g/mol. The van der Waals surface area contributed by atoms with Crippen LogP contribution in [0.25, 0.3) is 0 Å². The summed E-state index contributed by atoms with van der Waals surface area (Å²) in [7, 11) is 1.61. The zero-order valence-corrected chi connectivity index (χ0v) is 14.1. The Bertz CT molecular complexity index is 833. The largest absolute Gasteiger partial charge is 0.496 e. The number of methoxy groups -OCH3 is 1. The second-order valence-electron chi connectivity index (χ2n) is 6.52. The Kier molecular flexibility index (Phi) is 3.92. The molecule has 2 amide bonds. The van der Waals surface area contributed by atoms with Gasteiger partial charge in [0.1, 0.15) is 18.3 Å². The maximum Gasteiger partial charge on any atom is 0.246 e. The van der Waals surface area contributed by atoms with Crippen molar-refractivity contribution >= 4 is 11.8 Å². The second kappa shape index (κ2) is 6.24. The molecule has 5 nitrogen and oxygen atoms in total. The molecule has 0 radical (unpaired) electrons. The molecule has 2 heterocycles. The minimum absolute atomic E-state index is 0.00833. The van der Waals surface area contributed by atoms with Gasteiger partial charge >= 0.3 is 0 Å². The number of hydrogen-bond donors (Lipinski definition) is 0. The van der Waals surface area contributed by atoms with Gasteiger partial charge in [0.2, 0.25) is 11.8 Å². The van der Waals surface area contributed by atoms with Crippen LogP contribution in [0, 0.1) is 0 Å². The van der Waals surface area contributed by atoms with E-state index in [9.17, 15) is 9.59 Å². The average molecular weight is 336 g/mol. The summed E-state index contributed by atoms with van der Waals surface area (Å²) in [6.45, 7) is 1.03. The molecule has 2 aromatic carbocycles. The Morgan fingerprint density at radius 2 is 1.72 bits per heavy atom. The van der Waals surface area contributed by atoms with Crippen molar-refractivity contribution < 1.29 is 14.3 Å². The first kappa shape index (κ1) is 15.7. The summed E-state index contributed by atoms with van der Waals surface area (Å²) < 4.78 is 5.37. The van der Waals surface area contributed by atoms with E-state index in [2.05, 4.69) is 0 Å². The van der Waals surface area contributed by atoms with Gasteiger partial charge in [-0.25, -0.2) is 0 Å². The van der Waals surface area contributed by atoms with Crippen molar-refractivity contribution in [2.45, 2.75) is 25.6 Å². The van der Waals surface area contributed by atoms with Crippen LogP contribution in [0.1, 0.15) is 16.7 Å². The maximum atomic E-state index is 13.0. The number of fused-ring (bicyclic) bond motifs is 2. The molecule has 0 unspecified atom stereocenters. The van der Waals surface area contributed by atoms with Gasteiger partial charge in [-0.3, -0.25) is 9.59 Å². The highest BCUT2D eigenvalue weighted by molar-refractivity contribution is 5.95. The van der Waals surface area contributed by atoms with Gasteiger partial charge in [-0.15, -0.1) is 0 Å². The summed E-state index contributed by atoms with van der Waals surface area (Å²) >= 11 is 0. The predicted octanol–water partition coefficient (Wildman–Crippen LogP) is 1.99. The van der Waals surface area contributed by atoms with Gasteiger partial charge in [-0.05, 0) is 17.2 Å². The maximum absolute atomic E-state index is 13.0. The van der Waals surface area contributed by atoms with E-state index < -0.39 is 6.04 Å². The van der Waals surface area contributed by atoms with Crippen LogP contribution in [0.2, 0.25) is 0 Å². The van der Waals surface area contributed by atoms with Crippen LogP contribution in [0.15, 0.2) is 48.5 Å². The third kappa shape index (κ3) is 2.76. The van der Waals surface area contributed by atoms with Gasteiger partial charge in [0.25, 0.3) is 0 Å². The third-order valence-corrected chi connectivity index (χ3v) is 5.05. The van der Waals surface area contributed by atoms with E-state index in [4.69, 9.17) is 4.74 Å². The highest BCUT2D eigenvalue weighted by atomic mass is 16.5. The average Bonchev–Trinajstić information content (AvgIpc) is 2.65. The van der Waals surface area contributed by atoms with Gasteiger partial charge in [-0.2, -0.15) is 0 Å². The summed E-state index contributed by atoms with van der Waals surface area (Å²) in [4.78, 5) is 29.0. The van der Waals surface area contributed by atoms with Crippen LogP contribution in [-0.2, 0) is 29.1 Å². The molecule has 0 saturated carbocycles. The normalized spacial score (nSPS) is 19.5. The minimum Gasteiger partial charge on any atom is -0.496 e. The lowest BCUT2D eigenvalue weighted by atomic mass is 9.91. The lowest BCUT2D eigenvalue weighted by Crippen LogP contribution is -2.61. The second-order valence-corrected chi connectivity index (χ2v) is 6.52. The summed E-state index contributed by atoms with van der Waals surface area (Å²) in [5, 5.41) is 0. The van der Waals surface area contributed by atoms with Gasteiger partial charge in [-0.1, -0.05) is 42.5 Å². The molecule has 2 aliphatic heterocycles. The van der Waals surface area contributed by atoms with E-state index in [1.807, 2.05) is 48.5 Å². The molecule has 4 rings (SSSR count). The van der Waals surface area contributed by atoms with E-state index in [1.165, 1.54) is 0 Å². The number of para-hydroxylation sites is 1. The van der Waals surface area contributed by atoms with Crippen molar-refractivity contribution in [3.8, 4) is 5.75 Å². The number of carbonyl (C=O) groups is 2.